The SMILES string of the molecule is COCCOCC(=O)N(CCNC(C)=O)C(C)C(=O)O. The maximum Gasteiger partial charge on any atom is 0.326 e. The van der Waals surface area contributed by atoms with Crippen molar-refractivity contribution in [3.8, 4) is 0 Å². The third kappa shape index (κ3) is 7.70. The zero-order valence-corrected chi connectivity index (χ0v) is 12.0. The van der Waals surface area contributed by atoms with Crippen LogP contribution in [0.4, 0.5) is 0 Å². The van der Waals surface area contributed by atoms with Gasteiger partial charge in [-0.15, -0.1) is 0 Å². The van der Waals surface area contributed by atoms with Gasteiger partial charge in [-0.05, 0) is 6.92 Å². The summed E-state index contributed by atoms with van der Waals surface area (Å²) in [7, 11) is 1.51. The lowest BCUT2D eigenvalue weighted by molar-refractivity contribution is -0.151. The lowest BCUT2D eigenvalue weighted by Crippen LogP contribution is -2.48. The minimum Gasteiger partial charge on any atom is -0.480 e. The number of amides is 2. The fourth-order valence-electron chi connectivity index (χ4n) is 1.40. The third-order valence-electron chi connectivity index (χ3n) is 2.53. The number of hydrogen-bond donors (Lipinski definition) is 2. The van der Waals surface area contributed by atoms with Crippen molar-refractivity contribution in [2.75, 3.05) is 40.0 Å². The van der Waals surface area contributed by atoms with E-state index in [1.807, 2.05) is 0 Å². The Morgan fingerprint density at radius 3 is 2.45 bits per heavy atom. The summed E-state index contributed by atoms with van der Waals surface area (Å²) >= 11 is 0. The number of nitrogens with one attached hydrogen (secondary N) is 1. The van der Waals surface area contributed by atoms with Crippen LogP contribution >= 0.6 is 0 Å². The van der Waals surface area contributed by atoms with Crippen LogP contribution in [0.2, 0.25) is 0 Å². The molecule has 0 bridgehead atoms. The zero-order chi connectivity index (χ0) is 15.5. The molecule has 0 saturated carbocycles. The van der Waals surface area contributed by atoms with Crippen molar-refractivity contribution in [3.05, 3.63) is 0 Å². The molecule has 0 aromatic rings. The van der Waals surface area contributed by atoms with Crippen molar-refractivity contribution in [2.45, 2.75) is 19.9 Å². The Balaban J connectivity index is 4.38. The quantitative estimate of drug-likeness (QED) is 0.505. The first-order valence-electron chi connectivity index (χ1n) is 6.23. The highest BCUT2D eigenvalue weighted by Gasteiger charge is 2.25. The van der Waals surface area contributed by atoms with E-state index in [0.29, 0.717) is 6.61 Å². The maximum atomic E-state index is 11.9. The Bertz CT molecular complexity index is 334. The summed E-state index contributed by atoms with van der Waals surface area (Å²) in [5.41, 5.74) is 0. The Labute approximate surface area is 118 Å². The fraction of sp³-hybridized carbons (Fsp3) is 0.750. The zero-order valence-electron chi connectivity index (χ0n) is 12.0. The Morgan fingerprint density at radius 1 is 1.30 bits per heavy atom. The second kappa shape index (κ2) is 10.2. The molecule has 0 aliphatic carbocycles. The predicted octanol–water partition coefficient (Wildman–Crippen LogP) is -0.913. The molecule has 116 valence electrons. The molecule has 1 unspecified atom stereocenters. The number of carbonyl (C=O) groups is 3. The van der Waals surface area contributed by atoms with Crippen LogP contribution in [0.25, 0.3) is 0 Å². The van der Waals surface area contributed by atoms with Gasteiger partial charge in [0.2, 0.25) is 11.8 Å². The van der Waals surface area contributed by atoms with Crippen molar-refractivity contribution in [2.24, 2.45) is 0 Å². The number of carboxylic acid groups (broad SMARTS) is 1. The number of rotatable bonds is 10. The van der Waals surface area contributed by atoms with Crippen LogP contribution in [0.15, 0.2) is 0 Å². The molecule has 0 aliphatic heterocycles. The van der Waals surface area contributed by atoms with Gasteiger partial charge in [0.1, 0.15) is 12.6 Å². The Morgan fingerprint density at radius 2 is 1.95 bits per heavy atom. The van der Waals surface area contributed by atoms with E-state index in [4.69, 9.17) is 14.6 Å². The number of nitrogens with zero attached hydrogens (tertiary/aromatic N) is 1. The van der Waals surface area contributed by atoms with Gasteiger partial charge in [0.15, 0.2) is 0 Å². The largest absolute Gasteiger partial charge is 0.480 e. The molecule has 0 saturated heterocycles. The first-order chi connectivity index (χ1) is 9.40. The monoisotopic (exact) mass is 290 g/mol. The highest BCUT2D eigenvalue weighted by Crippen LogP contribution is 2.00. The van der Waals surface area contributed by atoms with Crippen molar-refractivity contribution < 1.29 is 29.0 Å². The average molecular weight is 290 g/mol. The number of hydrogen-bond acceptors (Lipinski definition) is 5. The molecule has 0 spiro atoms. The molecule has 0 heterocycles. The molecule has 0 aromatic carbocycles. The number of methoxy groups -OCH3 is 1. The molecule has 8 heteroatoms. The summed E-state index contributed by atoms with van der Waals surface area (Å²) < 4.78 is 9.85. The Kier molecular flexibility index (Phi) is 9.31. The van der Waals surface area contributed by atoms with Crippen molar-refractivity contribution >= 4 is 17.8 Å². The number of carbonyl (C=O) groups excluding carboxylic acids is 2. The molecule has 2 amide bonds. The average Bonchev–Trinajstić information content (AvgIpc) is 2.38. The topological polar surface area (TPSA) is 105 Å². The Hall–Kier alpha value is -1.67. The van der Waals surface area contributed by atoms with Crippen LogP contribution in [0.3, 0.4) is 0 Å². The van der Waals surface area contributed by atoms with E-state index in [2.05, 4.69) is 5.32 Å². The minimum atomic E-state index is -1.11. The van der Waals surface area contributed by atoms with Crippen molar-refractivity contribution in [1.29, 1.82) is 0 Å². The molecule has 0 aromatic heterocycles. The van der Waals surface area contributed by atoms with Crippen LogP contribution in [0.5, 0.6) is 0 Å². The summed E-state index contributed by atoms with van der Waals surface area (Å²) in [6.45, 7) is 3.44. The molecule has 0 rings (SSSR count). The van der Waals surface area contributed by atoms with Crippen LogP contribution in [0.1, 0.15) is 13.8 Å². The molecule has 0 radical (unpaired) electrons. The van der Waals surface area contributed by atoms with Crippen LogP contribution in [-0.4, -0.2) is 73.9 Å². The number of aliphatic carboxylic acids is 1. The fourth-order valence-corrected chi connectivity index (χ4v) is 1.40. The second-order valence-corrected chi connectivity index (χ2v) is 4.13. The number of ether oxygens (including phenoxy) is 2. The van der Waals surface area contributed by atoms with E-state index >= 15 is 0 Å². The highest BCUT2D eigenvalue weighted by molar-refractivity contribution is 5.84. The lowest BCUT2D eigenvalue weighted by atomic mass is 10.2. The summed E-state index contributed by atoms with van der Waals surface area (Å²) in [4.78, 5) is 34.8. The van der Waals surface area contributed by atoms with Gasteiger partial charge in [0.25, 0.3) is 0 Å². The second-order valence-electron chi connectivity index (χ2n) is 4.13. The van der Waals surface area contributed by atoms with E-state index in [1.54, 1.807) is 0 Å². The normalized spacial score (nSPS) is 11.8. The molecule has 1 atom stereocenters. The molecular weight excluding hydrogens is 268 g/mol. The molecule has 0 aliphatic rings. The summed E-state index contributed by atoms with van der Waals surface area (Å²) in [6, 6.07) is -0.984. The maximum absolute atomic E-state index is 11.9. The smallest absolute Gasteiger partial charge is 0.326 e. The molecule has 8 nitrogen and oxygen atoms in total. The summed E-state index contributed by atoms with van der Waals surface area (Å²) in [5, 5.41) is 11.5. The first-order valence-corrected chi connectivity index (χ1v) is 6.23. The van der Waals surface area contributed by atoms with E-state index in [0.717, 1.165) is 4.90 Å². The van der Waals surface area contributed by atoms with Gasteiger partial charge in [-0.2, -0.15) is 0 Å². The van der Waals surface area contributed by atoms with E-state index in [9.17, 15) is 14.4 Å². The third-order valence-corrected chi connectivity index (χ3v) is 2.53. The lowest BCUT2D eigenvalue weighted by Gasteiger charge is -2.26. The van der Waals surface area contributed by atoms with Gasteiger partial charge in [-0.3, -0.25) is 9.59 Å². The minimum absolute atomic E-state index is 0.111. The molecule has 2 N–H and O–H groups in total. The van der Waals surface area contributed by atoms with E-state index in [1.165, 1.54) is 21.0 Å². The van der Waals surface area contributed by atoms with Gasteiger partial charge >= 0.3 is 5.97 Å². The van der Waals surface area contributed by atoms with Gasteiger partial charge in [-0.1, -0.05) is 0 Å². The van der Waals surface area contributed by atoms with E-state index < -0.39 is 17.9 Å². The molecular formula is C12H22N2O6. The highest BCUT2D eigenvalue weighted by atomic mass is 16.5. The van der Waals surface area contributed by atoms with Crippen LogP contribution in [-0.2, 0) is 23.9 Å². The van der Waals surface area contributed by atoms with Gasteiger partial charge in [0, 0.05) is 27.1 Å². The van der Waals surface area contributed by atoms with Crippen molar-refractivity contribution in [1.82, 2.24) is 10.2 Å². The molecule has 0 fully saturated rings. The predicted molar refractivity (Wildman–Crippen MR) is 70.2 cm³/mol. The first kappa shape index (κ1) is 18.3. The van der Waals surface area contributed by atoms with Gasteiger partial charge in [0.05, 0.1) is 13.2 Å². The summed E-state index contributed by atoms with van der Waals surface area (Å²) in [5.74, 6) is -1.80. The van der Waals surface area contributed by atoms with Crippen LogP contribution < -0.4 is 5.32 Å². The summed E-state index contributed by atoms with van der Waals surface area (Å²) in [6.07, 6.45) is 0. The van der Waals surface area contributed by atoms with Gasteiger partial charge in [-0.25, -0.2) is 4.79 Å². The van der Waals surface area contributed by atoms with E-state index in [-0.39, 0.29) is 32.2 Å². The van der Waals surface area contributed by atoms with Gasteiger partial charge < -0.3 is 24.8 Å². The number of carboxylic acids is 1. The molecule has 20 heavy (non-hydrogen) atoms. The van der Waals surface area contributed by atoms with Crippen molar-refractivity contribution in [3.63, 3.8) is 0 Å². The standard InChI is InChI=1S/C12H22N2O6/c1-9(12(17)18)14(5-4-13-10(2)15)11(16)8-20-7-6-19-3/h9H,4-8H2,1-3H3,(H,13,15)(H,17,18). The van der Waals surface area contributed by atoms with Crippen LogP contribution in [0, 0.1) is 0 Å².